The van der Waals surface area contributed by atoms with Gasteiger partial charge in [-0.25, -0.2) is 9.78 Å². The van der Waals surface area contributed by atoms with Gasteiger partial charge in [0, 0.05) is 26.2 Å². The van der Waals surface area contributed by atoms with Gasteiger partial charge in [-0.15, -0.1) is 5.10 Å². The molecule has 1 aliphatic carbocycles. The van der Waals surface area contributed by atoms with E-state index in [9.17, 15) is 15.3 Å². The van der Waals surface area contributed by atoms with Crippen molar-refractivity contribution in [2.24, 2.45) is 0 Å². The number of nitrogens with zero attached hydrogens (tertiary/aromatic N) is 7. The van der Waals surface area contributed by atoms with Crippen LogP contribution in [0.1, 0.15) is 24.1 Å². The van der Waals surface area contributed by atoms with Gasteiger partial charge >= 0.3 is 6.09 Å². The SMILES string of the molecule is COC(=O)N[C@@H]1CN(c2cc(C#N)cc(Nc3nc(NC4CC4)c4ncc(C#N)n4n3)c2Cl)C[C@@H]1OC. The second kappa shape index (κ2) is 9.97. The van der Waals surface area contributed by atoms with E-state index in [4.69, 9.17) is 21.1 Å². The molecule has 0 spiro atoms. The summed E-state index contributed by atoms with van der Waals surface area (Å²) in [5, 5.41) is 33.1. The fraction of sp³-hybridized carbons (Fsp3) is 0.391. The lowest BCUT2D eigenvalue weighted by atomic mass is 10.1. The van der Waals surface area contributed by atoms with Crippen molar-refractivity contribution < 1.29 is 14.3 Å². The minimum atomic E-state index is -0.562. The van der Waals surface area contributed by atoms with E-state index in [0.717, 1.165) is 12.8 Å². The van der Waals surface area contributed by atoms with Crippen LogP contribution in [0.15, 0.2) is 18.3 Å². The first-order valence-corrected chi connectivity index (χ1v) is 11.9. The number of amides is 1. The number of benzene rings is 1. The zero-order chi connectivity index (χ0) is 26.1. The van der Waals surface area contributed by atoms with Crippen molar-refractivity contribution in [2.45, 2.75) is 31.0 Å². The third kappa shape index (κ3) is 4.87. The van der Waals surface area contributed by atoms with Gasteiger partial charge in [0.1, 0.15) is 6.07 Å². The maximum atomic E-state index is 11.8. The lowest BCUT2D eigenvalue weighted by molar-refractivity contribution is 0.0922. The molecule has 14 heteroatoms. The number of carbonyl (C=O) groups is 1. The summed E-state index contributed by atoms with van der Waals surface area (Å²) in [6.07, 6.45) is 2.60. The van der Waals surface area contributed by atoms with Crippen LogP contribution < -0.4 is 20.9 Å². The van der Waals surface area contributed by atoms with Crippen LogP contribution in [0, 0.1) is 22.7 Å². The van der Waals surface area contributed by atoms with Gasteiger partial charge in [-0.1, -0.05) is 11.6 Å². The Bertz CT molecular complexity index is 1440. The number of rotatable bonds is 7. The second-order valence-electron chi connectivity index (χ2n) is 8.71. The first kappa shape index (κ1) is 24.4. The topological polar surface area (TPSA) is 166 Å². The molecule has 3 aromatic rings. The molecular weight excluding hydrogens is 500 g/mol. The largest absolute Gasteiger partial charge is 0.453 e. The predicted octanol–water partition coefficient (Wildman–Crippen LogP) is 2.40. The van der Waals surface area contributed by atoms with Gasteiger partial charge in [-0.05, 0) is 25.0 Å². The molecule has 2 atom stereocenters. The standard InChI is InChI=1S/C23H23ClN10O3/c1-36-18-11-33(10-16(18)30-23(35)37-2)17-6-12(7-25)5-15(19(17)24)29-22-31-20(28-13-3-4-13)21-27-9-14(8-26)34(21)32-22/h5-6,9,13,16,18H,3-4,10-11H2,1-2H3,(H,30,35)(H2,28,29,31,32)/t16-,18+/m1/s1. The first-order valence-electron chi connectivity index (χ1n) is 11.5. The van der Waals surface area contributed by atoms with Crippen LogP contribution in [0.2, 0.25) is 5.02 Å². The fourth-order valence-corrected chi connectivity index (χ4v) is 4.48. The summed E-state index contributed by atoms with van der Waals surface area (Å²) in [5.41, 5.74) is 2.04. The van der Waals surface area contributed by atoms with Crippen LogP contribution in [-0.4, -0.2) is 71.2 Å². The second-order valence-corrected chi connectivity index (χ2v) is 9.09. The zero-order valence-electron chi connectivity index (χ0n) is 20.0. The number of carbonyl (C=O) groups excluding carboxylic acids is 1. The Morgan fingerprint density at radius 2 is 2.03 bits per heavy atom. The third-order valence-corrected chi connectivity index (χ3v) is 6.62. The molecule has 2 aliphatic rings. The number of nitrogens with one attached hydrogen (secondary N) is 3. The Morgan fingerprint density at radius 3 is 2.70 bits per heavy atom. The third-order valence-electron chi connectivity index (χ3n) is 6.22. The summed E-state index contributed by atoms with van der Waals surface area (Å²) in [5.74, 6) is 0.669. The highest BCUT2D eigenvalue weighted by molar-refractivity contribution is 6.36. The van der Waals surface area contributed by atoms with Crippen LogP contribution in [0.25, 0.3) is 5.65 Å². The number of alkyl carbamates (subject to hydrolysis) is 1. The summed E-state index contributed by atoms with van der Waals surface area (Å²) < 4.78 is 11.7. The van der Waals surface area contributed by atoms with E-state index >= 15 is 0 Å². The molecule has 190 valence electrons. The maximum Gasteiger partial charge on any atom is 0.407 e. The highest BCUT2D eigenvalue weighted by atomic mass is 35.5. The minimum absolute atomic E-state index is 0.175. The van der Waals surface area contributed by atoms with Crippen LogP contribution in [-0.2, 0) is 9.47 Å². The molecule has 1 aromatic carbocycles. The monoisotopic (exact) mass is 522 g/mol. The quantitative estimate of drug-likeness (QED) is 0.417. The molecule has 0 unspecified atom stereocenters. The Hall–Kier alpha value is -4.33. The Balaban J connectivity index is 1.49. The van der Waals surface area contributed by atoms with Gasteiger partial charge in [0.15, 0.2) is 17.2 Å². The van der Waals surface area contributed by atoms with Crippen molar-refractivity contribution in [1.29, 1.82) is 10.5 Å². The molecule has 2 fully saturated rings. The molecule has 1 aliphatic heterocycles. The molecule has 1 saturated carbocycles. The Morgan fingerprint density at radius 1 is 1.22 bits per heavy atom. The van der Waals surface area contributed by atoms with E-state index in [1.807, 2.05) is 4.90 Å². The molecule has 37 heavy (non-hydrogen) atoms. The van der Waals surface area contributed by atoms with Crippen LogP contribution >= 0.6 is 11.6 Å². The van der Waals surface area contributed by atoms with Crippen molar-refractivity contribution in [3.05, 3.63) is 34.6 Å². The number of aromatic nitrogens is 4. The molecule has 0 bridgehead atoms. The summed E-state index contributed by atoms with van der Waals surface area (Å²) in [6, 6.07) is 7.45. The van der Waals surface area contributed by atoms with E-state index in [1.54, 1.807) is 19.2 Å². The van der Waals surface area contributed by atoms with Gasteiger partial charge in [-0.2, -0.15) is 20.0 Å². The van der Waals surface area contributed by atoms with E-state index in [0.29, 0.717) is 52.6 Å². The fourth-order valence-electron chi connectivity index (χ4n) is 4.20. The molecule has 3 N–H and O–H groups in total. The number of ether oxygens (including phenoxy) is 2. The summed E-state index contributed by atoms with van der Waals surface area (Å²) in [7, 11) is 2.86. The molecule has 2 aromatic heterocycles. The van der Waals surface area contributed by atoms with Crippen molar-refractivity contribution in [2.75, 3.05) is 42.8 Å². The molecule has 3 heterocycles. The smallest absolute Gasteiger partial charge is 0.407 e. The predicted molar refractivity (Wildman–Crippen MR) is 134 cm³/mol. The normalized spacial score (nSPS) is 18.8. The number of fused-ring (bicyclic) bond motifs is 1. The van der Waals surface area contributed by atoms with Crippen molar-refractivity contribution in [1.82, 2.24) is 24.9 Å². The van der Waals surface area contributed by atoms with E-state index in [2.05, 4.69) is 43.2 Å². The van der Waals surface area contributed by atoms with E-state index in [-0.39, 0.29) is 23.8 Å². The number of hydrogen-bond acceptors (Lipinski definition) is 11. The van der Waals surface area contributed by atoms with Gasteiger partial charge < -0.3 is 30.3 Å². The van der Waals surface area contributed by atoms with Gasteiger partial charge in [0.25, 0.3) is 0 Å². The molecule has 0 radical (unpaired) electrons. The Kier molecular flexibility index (Phi) is 6.56. The minimum Gasteiger partial charge on any atom is -0.453 e. The molecule has 13 nitrogen and oxygen atoms in total. The van der Waals surface area contributed by atoms with Crippen molar-refractivity contribution in [3.8, 4) is 12.1 Å². The van der Waals surface area contributed by atoms with Crippen molar-refractivity contribution >= 4 is 46.5 Å². The van der Waals surface area contributed by atoms with Crippen LogP contribution in [0.4, 0.5) is 27.9 Å². The lowest BCUT2D eigenvalue weighted by Crippen LogP contribution is -2.43. The molecule has 1 amide bonds. The van der Waals surface area contributed by atoms with Gasteiger partial charge in [0.05, 0.1) is 53.5 Å². The number of anilines is 4. The van der Waals surface area contributed by atoms with E-state index < -0.39 is 6.09 Å². The number of imidazole rings is 1. The summed E-state index contributed by atoms with van der Waals surface area (Å²) >= 11 is 6.82. The summed E-state index contributed by atoms with van der Waals surface area (Å²) in [4.78, 5) is 22.6. The number of halogens is 1. The molecule has 5 rings (SSSR count). The number of methoxy groups -OCH3 is 2. The maximum absolute atomic E-state index is 11.8. The van der Waals surface area contributed by atoms with Crippen LogP contribution in [0.3, 0.4) is 0 Å². The average Bonchev–Trinajstić information content (AvgIpc) is 3.47. The lowest BCUT2D eigenvalue weighted by Gasteiger charge is -2.22. The van der Waals surface area contributed by atoms with Crippen molar-refractivity contribution in [3.63, 3.8) is 0 Å². The molecular formula is C23H23ClN10O3. The Labute approximate surface area is 216 Å². The van der Waals surface area contributed by atoms with Crippen LogP contribution in [0.5, 0.6) is 0 Å². The van der Waals surface area contributed by atoms with Gasteiger partial charge in [0.2, 0.25) is 5.95 Å². The summed E-state index contributed by atoms with van der Waals surface area (Å²) in [6.45, 7) is 0.817. The van der Waals surface area contributed by atoms with Gasteiger partial charge in [-0.3, -0.25) is 0 Å². The number of hydrogen-bond donors (Lipinski definition) is 3. The highest BCUT2D eigenvalue weighted by Gasteiger charge is 2.35. The number of nitriles is 2. The van der Waals surface area contributed by atoms with E-state index in [1.165, 1.54) is 17.8 Å². The molecule has 1 saturated heterocycles. The first-order chi connectivity index (χ1) is 17.9. The zero-order valence-corrected chi connectivity index (χ0v) is 20.8. The highest BCUT2D eigenvalue weighted by Crippen LogP contribution is 2.38. The average molecular weight is 523 g/mol.